The van der Waals surface area contributed by atoms with Gasteiger partial charge in [-0.3, -0.25) is 0 Å². The molecule has 2 saturated heterocycles. The lowest BCUT2D eigenvalue weighted by atomic mass is 9.83. The number of thiazole rings is 1. The second kappa shape index (κ2) is 4.54. The summed E-state index contributed by atoms with van der Waals surface area (Å²) in [6, 6.07) is 1.56. The van der Waals surface area contributed by atoms with E-state index < -0.39 is 0 Å². The van der Waals surface area contributed by atoms with Gasteiger partial charge in [0.1, 0.15) is 5.01 Å². The minimum Gasteiger partial charge on any atom is -0.303 e. The highest BCUT2D eigenvalue weighted by Gasteiger charge is 2.46. The zero-order valence-electron chi connectivity index (χ0n) is 11.7. The maximum atomic E-state index is 4.84. The zero-order valence-corrected chi connectivity index (χ0v) is 12.5. The van der Waals surface area contributed by atoms with E-state index in [1.807, 2.05) is 11.3 Å². The Morgan fingerprint density at radius 1 is 1.37 bits per heavy atom. The SMILES string of the molecule is Cc1csc(C2(NC3CC3)CCN3CCCC3C2)n1. The van der Waals surface area contributed by atoms with Crippen LogP contribution in [-0.4, -0.2) is 35.1 Å². The molecular formula is C15H23N3S. The molecule has 0 aromatic carbocycles. The fourth-order valence-electron chi connectivity index (χ4n) is 3.84. The van der Waals surface area contributed by atoms with E-state index in [1.165, 1.54) is 62.3 Å². The van der Waals surface area contributed by atoms with E-state index in [1.54, 1.807) is 0 Å². The van der Waals surface area contributed by atoms with E-state index in [-0.39, 0.29) is 5.54 Å². The van der Waals surface area contributed by atoms with Crippen molar-refractivity contribution >= 4 is 11.3 Å². The van der Waals surface area contributed by atoms with E-state index in [9.17, 15) is 0 Å². The Kier molecular flexibility index (Phi) is 2.94. The normalized spacial score (nSPS) is 35.5. The Morgan fingerprint density at radius 3 is 3.00 bits per heavy atom. The maximum absolute atomic E-state index is 4.84. The first-order valence-electron chi connectivity index (χ1n) is 7.70. The van der Waals surface area contributed by atoms with Gasteiger partial charge in [-0.1, -0.05) is 0 Å². The van der Waals surface area contributed by atoms with E-state index in [0.29, 0.717) is 0 Å². The van der Waals surface area contributed by atoms with Crippen molar-refractivity contribution in [1.82, 2.24) is 15.2 Å². The minimum atomic E-state index is 0.186. The summed E-state index contributed by atoms with van der Waals surface area (Å²) in [6.45, 7) is 4.69. The third-order valence-corrected chi connectivity index (χ3v) is 6.16. The van der Waals surface area contributed by atoms with E-state index in [2.05, 4.69) is 22.5 Å². The van der Waals surface area contributed by atoms with Crippen molar-refractivity contribution in [3.63, 3.8) is 0 Å². The molecule has 2 atom stereocenters. The first-order valence-corrected chi connectivity index (χ1v) is 8.57. The van der Waals surface area contributed by atoms with Crippen LogP contribution >= 0.6 is 11.3 Å². The predicted molar refractivity (Wildman–Crippen MR) is 78.5 cm³/mol. The molecule has 104 valence electrons. The molecule has 3 heterocycles. The molecule has 2 unspecified atom stereocenters. The molecule has 0 spiro atoms. The topological polar surface area (TPSA) is 28.2 Å². The molecule has 4 heteroatoms. The molecule has 3 nitrogen and oxygen atoms in total. The zero-order chi connectivity index (χ0) is 12.9. The molecular weight excluding hydrogens is 254 g/mol. The van der Waals surface area contributed by atoms with Crippen LogP contribution in [0.25, 0.3) is 0 Å². The van der Waals surface area contributed by atoms with Gasteiger partial charge in [-0.2, -0.15) is 0 Å². The molecule has 0 radical (unpaired) electrons. The van der Waals surface area contributed by atoms with Crippen LogP contribution in [0.4, 0.5) is 0 Å². The van der Waals surface area contributed by atoms with Crippen molar-refractivity contribution in [3.8, 4) is 0 Å². The molecule has 1 saturated carbocycles. The highest BCUT2D eigenvalue weighted by molar-refractivity contribution is 7.09. The largest absolute Gasteiger partial charge is 0.303 e. The molecule has 1 N–H and O–H groups in total. The van der Waals surface area contributed by atoms with Gasteiger partial charge in [-0.15, -0.1) is 11.3 Å². The fraction of sp³-hybridized carbons (Fsp3) is 0.800. The van der Waals surface area contributed by atoms with Crippen LogP contribution in [-0.2, 0) is 5.54 Å². The Hall–Kier alpha value is -0.450. The van der Waals surface area contributed by atoms with Crippen molar-refractivity contribution in [2.24, 2.45) is 0 Å². The number of nitrogens with zero attached hydrogens (tertiary/aromatic N) is 2. The molecule has 0 amide bonds. The lowest BCUT2D eigenvalue weighted by Gasteiger charge is -2.44. The summed E-state index contributed by atoms with van der Waals surface area (Å²) >= 11 is 1.87. The average molecular weight is 277 g/mol. The average Bonchev–Trinajstić information content (AvgIpc) is 2.90. The van der Waals surface area contributed by atoms with Crippen molar-refractivity contribution in [2.45, 2.75) is 63.1 Å². The lowest BCUT2D eigenvalue weighted by molar-refractivity contribution is 0.103. The van der Waals surface area contributed by atoms with Crippen LogP contribution in [0.15, 0.2) is 5.38 Å². The molecule has 2 aliphatic heterocycles. The van der Waals surface area contributed by atoms with E-state index in [4.69, 9.17) is 4.98 Å². The van der Waals surface area contributed by atoms with Gasteiger partial charge in [-0.25, -0.2) is 4.98 Å². The Bertz CT molecular complexity index is 468. The van der Waals surface area contributed by atoms with Gasteiger partial charge in [-0.05, 0) is 52.0 Å². The summed E-state index contributed by atoms with van der Waals surface area (Å²) in [5, 5.41) is 7.54. The minimum absolute atomic E-state index is 0.186. The molecule has 1 aliphatic carbocycles. The third kappa shape index (κ3) is 2.24. The van der Waals surface area contributed by atoms with E-state index in [0.717, 1.165) is 12.1 Å². The molecule has 3 fully saturated rings. The van der Waals surface area contributed by atoms with Gasteiger partial charge in [0, 0.05) is 29.7 Å². The van der Waals surface area contributed by atoms with Crippen LogP contribution in [0, 0.1) is 6.92 Å². The number of piperidine rings is 1. The molecule has 19 heavy (non-hydrogen) atoms. The summed E-state index contributed by atoms with van der Waals surface area (Å²) in [5.74, 6) is 0. The number of fused-ring (bicyclic) bond motifs is 1. The van der Waals surface area contributed by atoms with Crippen LogP contribution in [0.2, 0.25) is 0 Å². The summed E-state index contributed by atoms with van der Waals surface area (Å²) < 4.78 is 0. The number of aromatic nitrogens is 1. The summed E-state index contributed by atoms with van der Waals surface area (Å²) in [4.78, 5) is 7.54. The molecule has 0 bridgehead atoms. The summed E-state index contributed by atoms with van der Waals surface area (Å²) in [6.07, 6.45) is 8.02. The number of rotatable bonds is 3. The fourth-order valence-corrected chi connectivity index (χ4v) is 4.84. The van der Waals surface area contributed by atoms with Crippen molar-refractivity contribution in [3.05, 3.63) is 16.1 Å². The van der Waals surface area contributed by atoms with Crippen molar-refractivity contribution in [2.75, 3.05) is 13.1 Å². The lowest BCUT2D eigenvalue weighted by Crippen LogP contribution is -2.54. The Balaban J connectivity index is 1.63. The quantitative estimate of drug-likeness (QED) is 0.920. The highest BCUT2D eigenvalue weighted by Crippen LogP contribution is 2.42. The number of aryl methyl sites for hydroxylation is 1. The monoisotopic (exact) mass is 277 g/mol. The maximum Gasteiger partial charge on any atom is 0.113 e. The standard InChI is InChI=1S/C15H23N3S/c1-11-10-19-14(16-11)15(17-12-4-5-12)6-8-18-7-2-3-13(18)9-15/h10,12-13,17H,2-9H2,1H3. The summed E-state index contributed by atoms with van der Waals surface area (Å²) in [7, 11) is 0. The number of nitrogens with one attached hydrogen (secondary N) is 1. The first kappa shape index (κ1) is 12.3. The first-order chi connectivity index (χ1) is 9.25. The smallest absolute Gasteiger partial charge is 0.113 e. The van der Waals surface area contributed by atoms with Crippen LogP contribution < -0.4 is 5.32 Å². The highest BCUT2D eigenvalue weighted by atomic mass is 32.1. The molecule has 3 aliphatic rings. The van der Waals surface area contributed by atoms with Crippen LogP contribution in [0.3, 0.4) is 0 Å². The molecule has 1 aromatic heterocycles. The van der Waals surface area contributed by atoms with Gasteiger partial charge >= 0.3 is 0 Å². The Labute approximate surface area is 119 Å². The van der Waals surface area contributed by atoms with Crippen molar-refractivity contribution < 1.29 is 0 Å². The van der Waals surface area contributed by atoms with Gasteiger partial charge in [0.25, 0.3) is 0 Å². The number of hydrogen-bond acceptors (Lipinski definition) is 4. The van der Waals surface area contributed by atoms with Crippen LogP contribution in [0.1, 0.15) is 49.2 Å². The van der Waals surface area contributed by atoms with Crippen molar-refractivity contribution in [1.29, 1.82) is 0 Å². The van der Waals surface area contributed by atoms with Gasteiger partial charge in [0.2, 0.25) is 0 Å². The second-order valence-corrected chi connectivity index (χ2v) is 7.44. The van der Waals surface area contributed by atoms with Crippen LogP contribution in [0.5, 0.6) is 0 Å². The second-order valence-electron chi connectivity index (χ2n) is 6.58. The van der Waals surface area contributed by atoms with E-state index >= 15 is 0 Å². The third-order valence-electron chi connectivity index (χ3n) is 5.00. The van der Waals surface area contributed by atoms with Gasteiger partial charge in [0.15, 0.2) is 0 Å². The predicted octanol–water partition coefficient (Wildman–Crippen LogP) is 2.66. The molecule has 4 rings (SSSR count). The molecule has 1 aromatic rings. The van der Waals surface area contributed by atoms with Gasteiger partial charge in [0.05, 0.1) is 5.54 Å². The van der Waals surface area contributed by atoms with Gasteiger partial charge < -0.3 is 10.2 Å². The Morgan fingerprint density at radius 2 is 2.26 bits per heavy atom. The summed E-state index contributed by atoms with van der Waals surface area (Å²) in [5.41, 5.74) is 1.37. The number of hydrogen-bond donors (Lipinski definition) is 1.